The number of primary amides is 1. The molecule has 5 N–H and O–H groups in total. The highest BCUT2D eigenvalue weighted by molar-refractivity contribution is 6.04. The molecule has 0 bridgehead atoms. The SMILES string of the molecule is CCCCCC(O)C(O)C(Cc1ccncc1)NC(=O)c1cc(C(N)=O)cc(C(=O)N(CCC)CCC)c1.[HH]. The molecule has 9 heteroatoms. The molecule has 2 rings (SSSR count). The molecule has 0 saturated heterocycles. The maximum atomic E-state index is 13.4. The zero-order chi connectivity index (χ0) is 28.1. The van der Waals surface area contributed by atoms with Crippen LogP contribution in [0, 0.1) is 0 Å². The highest BCUT2D eigenvalue weighted by Crippen LogP contribution is 2.17. The molecule has 3 atom stereocenters. The van der Waals surface area contributed by atoms with E-state index in [4.69, 9.17) is 5.73 Å². The van der Waals surface area contributed by atoms with Crippen molar-refractivity contribution in [2.45, 2.75) is 84.0 Å². The van der Waals surface area contributed by atoms with Crippen LogP contribution >= 0.6 is 0 Å². The van der Waals surface area contributed by atoms with Crippen LogP contribution in [0.15, 0.2) is 42.7 Å². The minimum absolute atomic E-state index is 0. The fourth-order valence-corrected chi connectivity index (χ4v) is 4.39. The fourth-order valence-electron chi connectivity index (χ4n) is 4.39. The molecule has 1 heterocycles. The summed E-state index contributed by atoms with van der Waals surface area (Å²) in [4.78, 5) is 44.4. The number of pyridine rings is 1. The normalized spacial score (nSPS) is 13.4. The van der Waals surface area contributed by atoms with E-state index in [0.29, 0.717) is 19.5 Å². The van der Waals surface area contributed by atoms with Crippen LogP contribution in [0.25, 0.3) is 0 Å². The average molecular weight is 529 g/mol. The van der Waals surface area contributed by atoms with Crippen molar-refractivity contribution >= 4 is 17.7 Å². The topological polar surface area (TPSA) is 146 Å². The Hall–Kier alpha value is -3.30. The van der Waals surface area contributed by atoms with Gasteiger partial charge in [-0.05, 0) is 61.6 Å². The quantitative estimate of drug-likeness (QED) is 0.246. The standard InChI is InChI=1S/C29H42N4O5.H2/c1-4-7-8-9-25(34)26(35)24(16-20-10-12-31-13-11-20)32-28(37)22-17-21(27(30)36)18-23(19-22)29(38)33(14-5-2)15-6-3;/h10-13,17-19,24-26,34-35H,4-9,14-16H2,1-3H3,(H2,30,36)(H,32,37);1H. The van der Waals surface area contributed by atoms with E-state index in [1.165, 1.54) is 18.2 Å². The lowest BCUT2D eigenvalue weighted by molar-refractivity contribution is -0.00830. The van der Waals surface area contributed by atoms with E-state index in [-0.39, 0.29) is 30.4 Å². The second kappa shape index (κ2) is 15.8. The summed E-state index contributed by atoms with van der Waals surface area (Å²) in [6.07, 6.45) is 5.82. The summed E-state index contributed by atoms with van der Waals surface area (Å²) in [5, 5.41) is 24.5. The number of amides is 3. The molecule has 1 aromatic carbocycles. The van der Waals surface area contributed by atoms with Gasteiger partial charge in [-0.15, -0.1) is 0 Å². The Labute approximate surface area is 226 Å². The lowest BCUT2D eigenvalue weighted by atomic mass is 9.94. The maximum Gasteiger partial charge on any atom is 0.253 e. The van der Waals surface area contributed by atoms with Gasteiger partial charge in [0.25, 0.3) is 11.8 Å². The molecule has 0 aliphatic rings. The monoisotopic (exact) mass is 528 g/mol. The first-order valence-corrected chi connectivity index (χ1v) is 13.5. The molecular formula is C29H44N4O5. The van der Waals surface area contributed by atoms with Gasteiger partial charge in [0.1, 0.15) is 6.10 Å². The molecule has 0 spiro atoms. The number of unbranched alkanes of at least 4 members (excludes halogenated alkanes) is 2. The third-order valence-electron chi connectivity index (χ3n) is 6.43. The molecule has 9 nitrogen and oxygen atoms in total. The van der Waals surface area contributed by atoms with Gasteiger partial charge in [0, 0.05) is 43.6 Å². The van der Waals surface area contributed by atoms with Crippen molar-refractivity contribution in [1.29, 1.82) is 0 Å². The van der Waals surface area contributed by atoms with E-state index in [1.54, 1.807) is 29.4 Å². The van der Waals surface area contributed by atoms with Crippen LogP contribution in [0.3, 0.4) is 0 Å². The first-order chi connectivity index (χ1) is 18.2. The fraction of sp³-hybridized carbons (Fsp3) is 0.517. The highest BCUT2D eigenvalue weighted by atomic mass is 16.3. The van der Waals surface area contributed by atoms with Crippen molar-refractivity contribution in [3.05, 3.63) is 65.0 Å². The molecule has 1 aromatic heterocycles. The van der Waals surface area contributed by atoms with Gasteiger partial charge in [0.05, 0.1) is 12.1 Å². The molecule has 0 saturated carbocycles. The summed E-state index contributed by atoms with van der Waals surface area (Å²) in [7, 11) is 0. The van der Waals surface area contributed by atoms with E-state index in [1.807, 2.05) is 13.8 Å². The Morgan fingerprint density at radius 3 is 2.13 bits per heavy atom. The number of nitrogens with zero attached hydrogens (tertiary/aromatic N) is 2. The van der Waals surface area contributed by atoms with Crippen LogP contribution < -0.4 is 11.1 Å². The number of aliphatic hydroxyl groups is 2. The van der Waals surface area contributed by atoms with Crippen molar-refractivity contribution in [3.63, 3.8) is 0 Å². The first kappa shape index (κ1) is 30.9. The van der Waals surface area contributed by atoms with E-state index >= 15 is 0 Å². The summed E-state index contributed by atoms with van der Waals surface area (Å²) in [5.74, 6) is -1.63. The van der Waals surface area contributed by atoms with Crippen LogP contribution in [-0.4, -0.2) is 69.2 Å². The maximum absolute atomic E-state index is 13.4. The van der Waals surface area contributed by atoms with Crippen LogP contribution in [0.4, 0.5) is 0 Å². The zero-order valence-corrected chi connectivity index (χ0v) is 22.7. The predicted octanol–water partition coefficient (Wildman–Crippen LogP) is 3.33. The Kier molecular flexibility index (Phi) is 12.9. The summed E-state index contributed by atoms with van der Waals surface area (Å²) in [6.45, 7) is 7.09. The van der Waals surface area contributed by atoms with Gasteiger partial charge in [-0.3, -0.25) is 19.4 Å². The predicted molar refractivity (Wildman–Crippen MR) is 149 cm³/mol. The molecular weight excluding hydrogens is 484 g/mol. The van der Waals surface area contributed by atoms with Gasteiger partial charge in [0.2, 0.25) is 5.91 Å². The molecule has 210 valence electrons. The summed E-state index contributed by atoms with van der Waals surface area (Å²) < 4.78 is 0. The Morgan fingerprint density at radius 2 is 1.55 bits per heavy atom. The number of benzene rings is 1. The van der Waals surface area contributed by atoms with E-state index < -0.39 is 30.1 Å². The van der Waals surface area contributed by atoms with Gasteiger partial charge >= 0.3 is 0 Å². The van der Waals surface area contributed by atoms with Gasteiger partial charge in [-0.2, -0.15) is 0 Å². The summed E-state index contributed by atoms with van der Waals surface area (Å²) in [6, 6.07) is 6.91. The number of rotatable bonds is 16. The number of nitrogens with two attached hydrogens (primary N) is 1. The minimum Gasteiger partial charge on any atom is -0.390 e. The lowest BCUT2D eigenvalue weighted by Crippen LogP contribution is -2.50. The molecule has 0 fully saturated rings. The van der Waals surface area contributed by atoms with Crippen molar-refractivity contribution in [2.24, 2.45) is 5.73 Å². The van der Waals surface area contributed by atoms with Gasteiger partial charge in [0.15, 0.2) is 0 Å². The number of hydrogen-bond donors (Lipinski definition) is 4. The Bertz CT molecular complexity index is 1050. The van der Waals surface area contributed by atoms with Gasteiger partial charge in [-0.25, -0.2) is 0 Å². The first-order valence-electron chi connectivity index (χ1n) is 13.5. The van der Waals surface area contributed by atoms with E-state index in [2.05, 4.69) is 17.2 Å². The molecule has 38 heavy (non-hydrogen) atoms. The Balaban J connectivity index is 0.00000760. The molecule has 2 aromatic rings. The van der Waals surface area contributed by atoms with E-state index in [0.717, 1.165) is 37.7 Å². The number of carbonyl (C=O) groups excluding carboxylic acids is 3. The smallest absolute Gasteiger partial charge is 0.253 e. The van der Waals surface area contributed by atoms with Crippen LogP contribution in [0.2, 0.25) is 0 Å². The molecule has 3 amide bonds. The number of hydrogen-bond acceptors (Lipinski definition) is 6. The number of nitrogens with one attached hydrogen (secondary N) is 1. The second-order valence-corrected chi connectivity index (χ2v) is 9.65. The van der Waals surface area contributed by atoms with Crippen LogP contribution in [0.5, 0.6) is 0 Å². The second-order valence-electron chi connectivity index (χ2n) is 9.65. The van der Waals surface area contributed by atoms with Gasteiger partial charge < -0.3 is 26.2 Å². The number of aromatic nitrogens is 1. The molecule has 0 aliphatic heterocycles. The lowest BCUT2D eigenvalue weighted by Gasteiger charge is -2.28. The van der Waals surface area contributed by atoms with Crippen molar-refractivity contribution in [3.8, 4) is 0 Å². The highest BCUT2D eigenvalue weighted by Gasteiger charge is 2.29. The van der Waals surface area contributed by atoms with Crippen molar-refractivity contribution in [2.75, 3.05) is 13.1 Å². The number of carbonyl (C=O) groups is 3. The van der Waals surface area contributed by atoms with Crippen molar-refractivity contribution in [1.82, 2.24) is 15.2 Å². The Morgan fingerprint density at radius 1 is 0.947 bits per heavy atom. The number of aliphatic hydroxyl groups excluding tert-OH is 2. The van der Waals surface area contributed by atoms with Crippen LogP contribution in [0.1, 0.15) is 97.4 Å². The third kappa shape index (κ3) is 9.22. The average Bonchev–Trinajstić information content (AvgIpc) is 2.92. The largest absolute Gasteiger partial charge is 0.390 e. The zero-order valence-electron chi connectivity index (χ0n) is 22.7. The summed E-state index contributed by atoms with van der Waals surface area (Å²) >= 11 is 0. The minimum atomic E-state index is -1.23. The molecule has 0 aliphatic carbocycles. The molecule has 0 radical (unpaired) electrons. The van der Waals surface area contributed by atoms with Crippen molar-refractivity contribution < 1.29 is 26.0 Å². The molecule has 3 unspecified atom stereocenters. The summed E-state index contributed by atoms with van der Waals surface area (Å²) in [5.41, 5.74) is 6.65. The third-order valence-corrected chi connectivity index (χ3v) is 6.43. The van der Waals surface area contributed by atoms with Crippen LogP contribution in [-0.2, 0) is 6.42 Å². The van der Waals surface area contributed by atoms with E-state index in [9.17, 15) is 24.6 Å². The van der Waals surface area contributed by atoms with Gasteiger partial charge in [-0.1, -0.05) is 40.0 Å².